The van der Waals surface area contributed by atoms with Gasteiger partial charge in [-0.1, -0.05) is 0 Å². The lowest BCUT2D eigenvalue weighted by molar-refractivity contribution is -0.386. The first-order valence-corrected chi connectivity index (χ1v) is 5.06. The van der Waals surface area contributed by atoms with E-state index in [4.69, 9.17) is 11.8 Å². The summed E-state index contributed by atoms with van der Waals surface area (Å²) in [6.07, 6.45) is 4.82. The number of nitrogens with one attached hydrogen (secondary N) is 1. The Morgan fingerprint density at radius 1 is 1.72 bits per heavy atom. The lowest BCUT2D eigenvalue weighted by atomic mass is 9.95. The molecule has 0 aliphatic heterocycles. The normalized spacial score (nSPS) is 11.6. The fraction of sp³-hybridized carbons (Fsp3) is 0.250. The number of rotatable bonds is 4. The molecule has 0 saturated heterocycles. The maximum Gasteiger partial charge on any atom is 0.311 e. The number of nitro benzene ring substituents is 1. The molecule has 1 aromatic carbocycles. The summed E-state index contributed by atoms with van der Waals surface area (Å²) < 4.78 is 0. The molecule has 1 atom stereocenters. The number of phenols is 1. The van der Waals surface area contributed by atoms with E-state index >= 15 is 0 Å². The number of terminal acetylenes is 1. The first kappa shape index (κ1) is 13.7. The van der Waals surface area contributed by atoms with E-state index in [-0.39, 0.29) is 17.5 Å². The standard InChI is InChI=1S/C12H12N2O4/c1-3-4-11(15)8-5-10(14(17)18)12(16)9(6-13)7(8)2/h1,5-6,11,13,15-16H,4H2,2H3. The van der Waals surface area contributed by atoms with Crippen LogP contribution in [0, 0.1) is 34.8 Å². The van der Waals surface area contributed by atoms with Crippen LogP contribution in [0.15, 0.2) is 6.07 Å². The number of nitro groups is 1. The Hall–Kier alpha value is -2.39. The van der Waals surface area contributed by atoms with Gasteiger partial charge in [-0.15, -0.1) is 12.3 Å². The van der Waals surface area contributed by atoms with Gasteiger partial charge in [0, 0.05) is 24.3 Å². The van der Waals surface area contributed by atoms with Crippen LogP contribution in [0.3, 0.4) is 0 Å². The maximum atomic E-state index is 10.8. The predicted molar refractivity (Wildman–Crippen MR) is 65.8 cm³/mol. The number of aliphatic hydroxyl groups excluding tert-OH is 1. The number of phenolic OH excluding ortho intramolecular Hbond substituents is 1. The van der Waals surface area contributed by atoms with Crippen LogP contribution in [-0.2, 0) is 0 Å². The average Bonchev–Trinajstić information content (AvgIpc) is 2.29. The highest BCUT2D eigenvalue weighted by Crippen LogP contribution is 2.36. The minimum atomic E-state index is -1.06. The van der Waals surface area contributed by atoms with Gasteiger partial charge in [0.25, 0.3) is 0 Å². The number of hydrogen-bond donors (Lipinski definition) is 3. The Morgan fingerprint density at radius 2 is 2.33 bits per heavy atom. The Kier molecular flexibility index (Phi) is 4.02. The van der Waals surface area contributed by atoms with Crippen molar-refractivity contribution in [2.45, 2.75) is 19.4 Å². The topological polar surface area (TPSA) is 107 Å². The molecule has 0 heterocycles. The van der Waals surface area contributed by atoms with Crippen LogP contribution >= 0.6 is 0 Å². The van der Waals surface area contributed by atoms with E-state index in [2.05, 4.69) is 5.92 Å². The Morgan fingerprint density at radius 3 is 2.78 bits per heavy atom. The van der Waals surface area contributed by atoms with Crippen molar-refractivity contribution in [1.29, 1.82) is 5.41 Å². The molecule has 0 amide bonds. The molecule has 1 rings (SSSR count). The van der Waals surface area contributed by atoms with E-state index in [1.54, 1.807) is 6.92 Å². The second-order valence-corrected chi connectivity index (χ2v) is 3.70. The number of aliphatic hydroxyl groups is 1. The molecule has 3 N–H and O–H groups in total. The van der Waals surface area contributed by atoms with Crippen LogP contribution in [0.2, 0.25) is 0 Å². The Balaban J connectivity index is 3.54. The lowest BCUT2D eigenvalue weighted by Crippen LogP contribution is -2.04. The van der Waals surface area contributed by atoms with E-state index in [1.165, 1.54) is 0 Å². The molecule has 94 valence electrons. The van der Waals surface area contributed by atoms with Gasteiger partial charge >= 0.3 is 5.69 Å². The van der Waals surface area contributed by atoms with E-state index in [0.29, 0.717) is 5.56 Å². The van der Waals surface area contributed by atoms with Crippen molar-refractivity contribution in [2.75, 3.05) is 0 Å². The van der Waals surface area contributed by atoms with Gasteiger partial charge in [-0.3, -0.25) is 10.1 Å². The molecule has 1 unspecified atom stereocenters. The number of hydrogen-bond acceptors (Lipinski definition) is 5. The summed E-state index contributed by atoms with van der Waals surface area (Å²) in [4.78, 5) is 10.0. The van der Waals surface area contributed by atoms with Crippen LogP contribution in [0.5, 0.6) is 5.75 Å². The quantitative estimate of drug-likeness (QED) is 0.326. The van der Waals surface area contributed by atoms with Crippen molar-refractivity contribution in [2.24, 2.45) is 0 Å². The molecule has 0 aromatic heterocycles. The van der Waals surface area contributed by atoms with Crippen molar-refractivity contribution in [3.63, 3.8) is 0 Å². The van der Waals surface area contributed by atoms with Gasteiger partial charge in [0.05, 0.1) is 11.0 Å². The number of aromatic hydroxyl groups is 1. The lowest BCUT2D eigenvalue weighted by Gasteiger charge is -2.14. The van der Waals surface area contributed by atoms with E-state index in [1.807, 2.05) is 0 Å². The van der Waals surface area contributed by atoms with Gasteiger partial charge in [0.2, 0.25) is 5.75 Å². The van der Waals surface area contributed by atoms with E-state index in [0.717, 1.165) is 12.3 Å². The molecule has 1 aromatic rings. The van der Waals surface area contributed by atoms with Crippen molar-refractivity contribution in [3.05, 3.63) is 32.9 Å². The average molecular weight is 248 g/mol. The molecule has 0 aliphatic carbocycles. The summed E-state index contributed by atoms with van der Waals surface area (Å²) in [6.45, 7) is 1.55. The van der Waals surface area contributed by atoms with Crippen LogP contribution in [-0.4, -0.2) is 21.4 Å². The molecule has 18 heavy (non-hydrogen) atoms. The van der Waals surface area contributed by atoms with Crippen LogP contribution in [0.4, 0.5) is 5.69 Å². The van der Waals surface area contributed by atoms with Crippen LogP contribution in [0.1, 0.15) is 29.2 Å². The zero-order valence-electron chi connectivity index (χ0n) is 9.67. The molecule has 0 bridgehead atoms. The SMILES string of the molecule is C#CCC(O)c1cc([N+](=O)[O-])c(O)c(C=N)c1C. The molecule has 6 heteroatoms. The van der Waals surface area contributed by atoms with E-state index in [9.17, 15) is 20.3 Å². The predicted octanol–water partition coefficient (Wildman–Crippen LogP) is 1.66. The Bertz CT molecular complexity index is 546. The summed E-state index contributed by atoms with van der Waals surface area (Å²) in [7, 11) is 0. The van der Waals surface area contributed by atoms with Crippen LogP contribution < -0.4 is 0 Å². The zero-order valence-corrected chi connectivity index (χ0v) is 9.67. The van der Waals surface area contributed by atoms with Crippen molar-refractivity contribution >= 4 is 11.9 Å². The fourth-order valence-corrected chi connectivity index (χ4v) is 1.68. The molecule has 0 radical (unpaired) electrons. The van der Waals surface area contributed by atoms with Crippen molar-refractivity contribution in [3.8, 4) is 18.1 Å². The number of benzene rings is 1. The largest absolute Gasteiger partial charge is 0.502 e. The van der Waals surface area contributed by atoms with Gasteiger partial charge in [0.15, 0.2) is 0 Å². The summed E-state index contributed by atoms with van der Waals surface area (Å²) in [6, 6.07) is 1.08. The summed E-state index contributed by atoms with van der Waals surface area (Å²) in [5.74, 6) is 1.68. The Labute approximate surface area is 104 Å². The van der Waals surface area contributed by atoms with Gasteiger partial charge < -0.3 is 15.6 Å². The van der Waals surface area contributed by atoms with Gasteiger partial charge in [-0.25, -0.2) is 0 Å². The second kappa shape index (κ2) is 5.29. The minimum Gasteiger partial charge on any atom is -0.502 e. The second-order valence-electron chi connectivity index (χ2n) is 3.70. The van der Waals surface area contributed by atoms with Crippen LogP contribution in [0.25, 0.3) is 0 Å². The fourth-order valence-electron chi connectivity index (χ4n) is 1.68. The molecule has 0 aliphatic rings. The maximum absolute atomic E-state index is 10.8. The minimum absolute atomic E-state index is 0.000208. The molecule has 0 fully saturated rings. The zero-order chi connectivity index (χ0) is 13.9. The first-order chi connectivity index (χ1) is 8.43. The summed E-state index contributed by atoms with van der Waals surface area (Å²) in [5.41, 5.74) is 0.104. The molecular formula is C12H12N2O4. The smallest absolute Gasteiger partial charge is 0.311 e. The highest BCUT2D eigenvalue weighted by Gasteiger charge is 2.23. The monoisotopic (exact) mass is 248 g/mol. The van der Waals surface area contributed by atoms with Gasteiger partial charge in [0.1, 0.15) is 0 Å². The highest BCUT2D eigenvalue weighted by atomic mass is 16.6. The molecular weight excluding hydrogens is 236 g/mol. The van der Waals surface area contributed by atoms with Gasteiger partial charge in [-0.2, -0.15) is 0 Å². The third kappa shape index (κ3) is 2.31. The third-order valence-electron chi connectivity index (χ3n) is 2.64. The molecule has 0 spiro atoms. The van der Waals surface area contributed by atoms with Crippen molar-refractivity contribution in [1.82, 2.24) is 0 Å². The molecule has 6 nitrogen and oxygen atoms in total. The highest BCUT2D eigenvalue weighted by molar-refractivity contribution is 5.86. The first-order valence-electron chi connectivity index (χ1n) is 5.06. The van der Waals surface area contributed by atoms with Crippen molar-refractivity contribution < 1.29 is 15.1 Å². The third-order valence-corrected chi connectivity index (χ3v) is 2.64. The van der Waals surface area contributed by atoms with Gasteiger partial charge in [-0.05, 0) is 18.1 Å². The number of nitrogens with zero attached hydrogens (tertiary/aromatic N) is 1. The van der Waals surface area contributed by atoms with E-state index < -0.39 is 22.5 Å². The summed E-state index contributed by atoms with van der Waals surface area (Å²) in [5, 5.41) is 37.4. The summed E-state index contributed by atoms with van der Waals surface area (Å²) >= 11 is 0. The molecule has 0 saturated carbocycles.